The molecule has 1 fully saturated rings. The average Bonchev–Trinajstić information content (AvgIpc) is 2.47. The summed E-state index contributed by atoms with van der Waals surface area (Å²) >= 11 is 0. The number of nitrogens with one attached hydrogen (secondary N) is 1. The zero-order valence-corrected chi connectivity index (χ0v) is 11.7. The maximum Gasteiger partial charge on any atom is 0.0666 e. The van der Waals surface area contributed by atoms with Gasteiger partial charge in [-0.1, -0.05) is 30.3 Å². The van der Waals surface area contributed by atoms with Crippen LogP contribution in [0.5, 0.6) is 0 Å². The van der Waals surface area contributed by atoms with Gasteiger partial charge in [0.25, 0.3) is 0 Å². The molecule has 0 radical (unpaired) electrons. The minimum atomic E-state index is 0.113. The Labute approximate surface area is 116 Å². The minimum absolute atomic E-state index is 0.113. The highest BCUT2D eigenvalue weighted by Crippen LogP contribution is 2.14. The molecule has 0 aliphatic carbocycles. The lowest BCUT2D eigenvalue weighted by atomic mass is 10.0. The molecule has 3 nitrogen and oxygen atoms in total. The Kier molecular flexibility index (Phi) is 5.38. The van der Waals surface area contributed by atoms with E-state index in [9.17, 15) is 0 Å². The van der Waals surface area contributed by atoms with Crippen LogP contribution in [0.25, 0.3) is 0 Å². The highest BCUT2D eigenvalue weighted by Gasteiger charge is 2.19. The summed E-state index contributed by atoms with van der Waals surface area (Å²) in [5, 5.41) is 12.3. The van der Waals surface area contributed by atoms with Crippen molar-refractivity contribution >= 4 is 0 Å². The van der Waals surface area contributed by atoms with Gasteiger partial charge in [0.05, 0.1) is 12.0 Å². The Balaban J connectivity index is 1.69. The highest BCUT2D eigenvalue weighted by molar-refractivity contribution is 5.14. The molecule has 1 aliphatic rings. The molecule has 1 saturated heterocycles. The molecule has 19 heavy (non-hydrogen) atoms. The fourth-order valence-electron chi connectivity index (χ4n) is 2.53. The van der Waals surface area contributed by atoms with Crippen LogP contribution in [0.1, 0.15) is 25.3 Å². The zero-order valence-electron chi connectivity index (χ0n) is 11.7. The van der Waals surface area contributed by atoms with Gasteiger partial charge >= 0.3 is 0 Å². The summed E-state index contributed by atoms with van der Waals surface area (Å²) < 4.78 is 0. The van der Waals surface area contributed by atoms with Crippen LogP contribution in [0.2, 0.25) is 0 Å². The first-order valence-corrected chi connectivity index (χ1v) is 7.17. The van der Waals surface area contributed by atoms with Gasteiger partial charge in [0, 0.05) is 19.1 Å². The number of benzene rings is 1. The van der Waals surface area contributed by atoms with Crippen molar-refractivity contribution in [3.05, 3.63) is 35.9 Å². The Morgan fingerprint density at radius 2 is 2.00 bits per heavy atom. The lowest BCUT2D eigenvalue weighted by molar-refractivity contribution is 0.189. The van der Waals surface area contributed by atoms with E-state index in [2.05, 4.69) is 46.6 Å². The molecule has 0 saturated carbocycles. The quantitative estimate of drug-likeness (QED) is 0.880. The molecule has 0 amide bonds. The molecule has 1 heterocycles. The topological polar surface area (TPSA) is 39.1 Å². The smallest absolute Gasteiger partial charge is 0.0666 e. The number of nitrogens with zero attached hydrogens (tertiary/aromatic N) is 2. The molecule has 1 aromatic carbocycles. The molecule has 1 aliphatic heterocycles. The zero-order chi connectivity index (χ0) is 13.5. The van der Waals surface area contributed by atoms with E-state index in [1.807, 2.05) is 6.92 Å². The molecular weight excluding hydrogens is 234 g/mol. The van der Waals surface area contributed by atoms with E-state index >= 15 is 0 Å². The van der Waals surface area contributed by atoms with Crippen LogP contribution in [0.3, 0.4) is 0 Å². The van der Waals surface area contributed by atoms with Crippen molar-refractivity contribution in [2.75, 3.05) is 19.6 Å². The number of nitriles is 1. The molecule has 0 aromatic heterocycles. The van der Waals surface area contributed by atoms with Crippen LogP contribution in [0, 0.1) is 17.2 Å². The summed E-state index contributed by atoms with van der Waals surface area (Å²) in [7, 11) is 0. The van der Waals surface area contributed by atoms with Gasteiger partial charge in [-0.2, -0.15) is 5.26 Å². The number of hydrogen-bond donors (Lipinski definition) is 1. The van der Waals surface area contributed by atoms with Crippen LogP contribution in [0.15, 0.2) is 30.3 Å². The van der Waals surface area contributed by atoms with Gasteiger partial charge in [-0.25, -0.2) is 0 Å². The largest absolute Gasteiger partial charge is 0.313 e. The van der Waals surface area contributed by atoms with Crippen molar-refractivity contribution in [1.29, 1.82) is 5.26 Å². The van der Waals surface area contributed by atoms with E-state index in [-0.39, 0.29) is 5.92 Å². The normalized spacial score (nSPS) is 18.9. The van der Waals surface area contributed by atoms with Gasteiger partial charge in [0.1, 0.15) is 0 Å². The van der Waals surface area contributed by atoms with Gasteiger partial charge in [-0.3, -0.25) is 4.90 Å². The van der Waals surface area contributed by atoms with Crippen molar-refractivity contribution in [2.24, 2.45) is 5.92 Å². The van der Waals surface area contributed by atoms with Gasteiger partial charge < -0.3 is 5.32 Å². The van der Waals surface area contributed by atoms with Crippen molar-refractivity contribution in [2.45, 2.75) is 32.4 Å². The van der Waals surface area contributed by atoms with Crippen LogP contribution in [-0.2, 0) is 6.54 Å². The average molecular weight is 257 g/mol. The van der Waals surface area contributed by atoms with Crippen molar-refractivity contribution < 1.29 is 0 Å². The van der Waals surface area contributed by atoms with Crippen molar-refractivity contribution in [3.63, 3.8) is 0 Å². The van der Waals surface area contributed by atoms with Crippen LogP contribution < -0.4 is 5.32 Å². The first-order chi connectivity index (χ1) is 9.28. The molecule has 1 aromatic rings. The van der Waals surface area contributed by atoms with E-state index in [0.29, 0.717) is 6.04 Å². The SMILES string of the molecule is CC(C#N)CNC1CCN(Cc2ccccc2)CC1. The molecule has 2 rings (SSSR count). The van der Waals surface area contributed by atoms with Crippen molar-refractivity contribution in [3.8, 4) is 6.07 Å². The molecule has 0 bridgehead atoms. The maximum atomic E-state index is 8.77. The van der Waals surface area contributed by atoms with Gasteiger partial charge in [0.2, 0.25) is 0 Å². The summed E-state index contributed by atoms with van der Waals surface area (Å²) in [6.45, 7) is 6.14. The molecule has 1 atom stereocenters. The predicted octanol–water partition coefficient (Wildman–Crippen LogP) is 2.40. The number of rotatable bonds is 5. The third-order valence-electron chi connectivity index (χ3n) is 3.77. The van der Waals surface area contributed by atoms with Crippen LogP contribution >= 0.6 is 0 Å². The number of likely N-dealkylation sites (tertiary alicyclic amines) is 1. The second kappa shape index (κ2) is 7.28. The summed E-state index contributed by atoms with van der Waals surface area (Å²) in [5.74, 6) is 0.113. The molecule has 0 spiro atoms. The van der Waals surface area contributed by atoms with Gasteiger partial charge in [0.15, 0.2) is 0 Å². The van der Waals surface area contributed by atoms with Crippen molar-refractivity contribution in [1.82, 2.24) is 10.2 Å². The molecule has 102 valence electrons. The maximum absolute atomic E-state index is 8.77. The third-order valence-corrected chi connectivity index (χ3v) is 3.77. The Hall–Kier alpha value is -1.37. The second-order valence-electron chi connectivity index (χ2n) is 5.47. The summed E-state index contributed by atoms with van der Waals surface area (Å²) in [6.07, 6.45) is 2.37. The van der Waals surface area contributed by atoms with E-state index in [0.717, 1.165) is 26.2 Å². The first kappa shape index (κ1) is 14.0. The Morgan fingerprint density at radius 3 is 2.63 bits per heavy atom. The number of piperidine rings is 1. The summed E-state index contributed by atoms with van der Waals surface area (Å²) in [6, 6.07) is 13.5. The monoisotopic (exact) mass is 257 g/mol. The fraction of sp³-hybridized carbons (Fsp3) is 0.562. The fourth-order valence-corrected chi connectivity index (χ4v) is 2.53. The Bertz CT molecular complexity index is 402. The van der Waals surface area contributed by atoms with E-state index in [1.54, 1.807) is 0 Å². The third kappa shape index (κ3) is 4.66. The molecule has 1 unspecified atom stereocenters. The molecular formula is C16H23N3. The molecule has 3 heteroatoms. The van der Waals surface area contributed by atoms with E-state index in [4.69, 9.17) is 5.26 Å². The lowest BCUT2D eigenvalue weighted by Crippen LogP contribution is -2.43. The number of hydrogen-bond acceptors (Lipinski definition) is 3. The standard InChI is InChI=1S/C16H23N3/c1-14(11-17)12-18-16-7-9-19(10-8-16)13-15-5-3-2-4-6-15/h2-6,14,16,18H,7-10,12-13H2,1H3. The summed E-state index contributed by atoms with van der Waals surface area (Å²) in [5.41, 5.74) is 1.40. The van der Waals surface area contributed by atoms with E-state index < -0.39 is 0 Å². The summed E-state index contributed by atoms with van der Waals surface area (Å²) in [4.78, 5) is 2.52. The first-order valence-electron chi connectivity index (χ1n) is 7.17. The highest BCUT2D eigenvalue weighted by atomic mass is 15.1. The predicted molar refractivity (Wildman–Crippen MR) is 77.5 cm³/mol. The van der Waals surface area contributed by atoms with E-state index in [1.165, 1.54) is 18.4 Å². The lowest BCUT2D eigenvalue weighted by Gasteiger charge is -2.32. The van der Waals surface area contributed by atoms with Crippen LogP contribution in [-0.4, -0.2) is 30.6 Å². The van der Waals surface area contributed by atoms with Gasteiger partial charge in [-0.15, -0.1) is 0 Å². The van der Waals surface area contributed by atoms with Crippen LogP contribution in [0.4, 0.5) is 0 Å². The minimum Gasteiger partial charge on any atom is -0.313 e. The molecule has 1 N–H and O–H groups in total. The Morgan fingerprint density at radius 1 is 1.32 bits per heavy atom. The van der Waals surface area contributed by atoms with Gasteiger partial charge in [-0.05, 0) is 38.4 Å². The second-order valence-corrected chi connectivity index (χ2v) is 5.47.